The number of phenolic OH excluding ortho intramolecular Hbond substituents is 1. The van der Waals surface area contributed by atoms with Crippen molar-refractivity contribution in [3.8, 4) is 17.2 Å². The Morgan fingerprint density at radius 3 is 2.00 bits per heavy atom. The van der Waals surface area contributed by atoms with Crippen LogP contribution in [-0.2, 0) is 19.1 Å². The maximum absolute atomic E-state index is 12.8. The van der Waals surface area contributed by atoms with Crippen LogP contribution in [0.25, 0.3) is 0 Å². The summed E-state index contributed by atoms with van der Waals surface area (Å²) in [5.74, 6) is -1.26. The van der Waals surface area contributed by atoms with Crippen molar-refractivity contribution in [1.82, 2.24) is 5.32 Å². The minimum Gasteiger partial charge on any atom is -0.508 e. The quantitative estimate of drug-likeness (QED) is 0.171. The zero-order chi connectivity index (χ0) is 28.5. The summed E-state index contributed by atoms with van der Waals surface area (Å²) in [5.41, 5.74) is 1.21. The van der Waals surface area contributed by atoms with Crippen LogP contribution in [0.1, 0.15) is 44.6 Å². The van der Waals surface area contributed by atoms with Crippen LogP contribution in [0.15, 0.2) is 65.0 Å². The molecular formula is C28H32N2O9. The molecule has 0 fully saturated rings. The highest BCUT2D eigenvalue weighted by molar-refractivity contribution is 6.00. The van der Waals surface area contributed by atoms with E-state index in [1.54, 1.807) is 38.1 Å². The Balaban J connectivity index is 1.81. The molecule has 11 nitrogen and oxygen atoms in total. The number of carbonyl (C=O) groups excluding carboxylic acids is 2. The molecule has 1 aliphatic rings. The number of non-ortho nitro benzene ring substituents is 1. The molecule has 3 rings (SSSR count). The van der Waals surface area contributed by atoms with Crippen LogP contribution in [0.2, 0.25) is 0 Å². The molecule has 11 heteroatoms. The molecule has 0 spiro atoms. The molecule has 208 valence electrons. The van der Waals surface area contributed by atoms with Gasteiger partial charge in [-0.05, 0) is 63.4 Å². The van der Waals surface area contributed by atoms with Crippen LogP contribution < -0.4 is 14.8 Å². The average Bonchev–Trinajstić information content (AvgIpc) is 2.92. The molecular weight excluding hydrogens is 508 g/mol. The number of methoxy groups -OCH3 is 2. The smallest absolute Gasteiger partial charge is 0.336 e. The topological polar surface area (TPSA) is 146 Å². The molecule has 2 aromatic rings. The second-order valence-corrected chi connectivity index (χ2v) is 8.85. The standard InChI is InChI=1S/C28H32N2O9/c1-17-24(27(32)36-3)26(25(18(2)29-17)28(33)37-4)22-16-19(30(34)35)8-13-23(22)39-15-7-5-6-14-38-21-11-9-20(31)10-12-21/h8-13,16,26,29,31H,5-7,14-15H2,1-4H3. The highest BCUT2D eigenvalue weighted by Gasteiger charge is 2.39. The Morgan fingerprint density at radius 2 is 1.46 bits per heavy atom. The number of phenols is 1. The number of benzene rings is 2. The number of allylic oxidation sites excluding steroid dienone is 2. The number of nitrogens with one attached hydrogen (secondary N) is 1. The largest absolute Gasteiger partial charge is 0.508 e. The second kappa shape index (κ2) is 13.3. The van der Waals surface area contributed by atoms with E-state index in [9.17, 15) is 24.8 Å². The van der Waals surface area contributed by atoms with E-state index in [1.807, 2.05) is 0 Å². The molecule has 0 bridgehead atoms. The Labute approximate surface area is 226 Å². The summed E-state index contributed by atoms with van der Waals surface area (Å²) in [6.07, 6.45) is 2.21. The Hall–Kier alpha value is -4.54. The predicted octanol–water partition coefficient (Wildman–Crippen LogP) is 4.51. The molecule has 0 aromatic heterocycles. The zero-order valence-corrected chi connectivity index (χ0v) is 22.3. The van der Waals surface area contributed by atoms with Gasteiger partial charge in [0.25, 0.3) is 5.69 Å². The normalized spacial score (nSPS) is 13.5. The molecule has 0 amide bonds. The van der Waals surface area contributed by atoms with Gasteiger partial charge in [0.2, 0.25) is 0 Å². The predicted molar refractivity (Wildman–Crippen MR) is 141 cm³/mol. The molecule has 0 atom stereocenters. The number of nitro benzene ring substituents is 1. The van der Waals surface area contributed by atoms with Crippen molar-refractivity contribution in [3.63, 3.8) is 0 Å². The second-order valence-electron chi connectivity index (χ2n) is 8.85. The van der Waals surface area contributed by atoms with Crippen molar-refractivity contribution in [1.29, 1.82) is 0 Å². The van der Waals surface area contributed by atoms with Crippen molar-refractivity contribution in [3.05, 3.63) is 80.7 Å². The van der Waals surface area contributed by atoms with Gasteiger partial charge in [0.15, 0.2) is 0 Å². The third-order valence-corrected chi connectivity index (χ3v) is 6.24. The van der Waals surface area contributed by atoms with E-state index in [0.717, 1.165) is 12.8 Å². The van der Waals surface area contributed by atoms with Crippen LogP contribution >= 0.6 is 0 Å². The van der Waals surface area contributed by atoms with Crippen molar-refractivity contribution < 1.29 is 38.6 Å². The molecule has 0 radical (unpaired) electrons. The summed E-state index contributed by atoms with van der Waals surface area (Å²) in [7, 11) is 2.44. The highest BCUT2D eigenvalue weighted by atomic mass is 16.6. The molecule has 39 heavy (non-hydrogen) atoms. The van der Waals surface area contributed by atoms with E-state index >= 15 is 0 Å². The number of unbranched alkanes of at least 4 members (excludes halogenated alkanes) is 2. The number of nitro groups is 1. The minimum atomic E-state index is -1.01. The van der Waals surface area contributed by atoms with E-state index in [-0.39, 0.29) is 28.1 Å². The minimum absolute atomic E-state index is 0.125. The van der Waals surface area contributed by atoms with Gasteiger partial charge in [-0.15, -0.1) is 0 Å². The van der Waals surface area contributed by atoms with Crippen molar-refractivity contribution in [2.24, 2.45) is 0 Å². The fourth-order valence-electron chi connectivity index (χ4n) is 4.37. The molecule has 2 aromatic carbocycles. The number of nitrogens with zero attached hydrogens (tertiary/aromatic N) is 1. The van der Waals surface area contributed by atoms with Gasteiger partial charge in [-0.1, -0.05) is 0 Å². The maximum Gasteiger partial charge on any atom is 0.336 e. The van der Waals surface area contributed by atoms with E-state index < -0.39 is 22.8 Å². The van der Waals surface area contributed by atoms with Crippen molar-refractivity contribution >= 4 is 17.6 Å². The van der Waals surface area contributed by atoms with E-state index in [0.29, 0.717) is 42.5 Å². The molecule has 0 saturated heterocycles. The first kappa shape index (κ1) is 29.0. The lowest BCUT2D eigenvalue weighted by molar-refractivity contribution is -0.384. The average molecular weight is 541 g/mol. The molecule has 1 aliphatic heterocycles. The van der Waals surface area contributed by atoms with Crippen molar-refractivity contribution in [2.75, 3.05) is 27.4 Å². The molecule has 0 aliphatic carbocycles. The fraction of sp³-hybridized carbons (Fsp3) is 0.357. The van der Waals surface area contributed by atoms with Crippen LogP contribution in [0, 0.1) is 10.1 Å². The van der Waals surface area contributed by atoms with E-state index in [4.69, 9.17) is 18.9 Å². The first-order valence-electron chi connectivity index (χ1n) is 12.4. The first-order valence-corrected chi connectivity index (χ1v) is 12.4. The van der Waals surface area contributed by atoms with Gasteiger partial charge in [0.05, 0.1) is 49.4 Å². The van der Waals surface area contributed by atoms with Gasteiger partial charge in [-0.2, -0.15) is 0 Å². The van der Waals surface area contributed by atoms with E-state index in [1.165, 1.54) is 32.4 Å². The van der Waals surface area contributed by atoms with Crippen LogP contribution in [0.4, 0.5) is 5.69 Å². The number of carbonyl (C=O) groups is 2. The van der Waals surface area contributed by atoms with Crippen LogP contribution in [0.5, 0.6) is 17.2 Å². The number of hydrogen-bond donors (Lipinski definition) is 2. The van der Waals surface area contributed by atoms with Gasteiger partial charge in [0, 0.05) is 29.1 Å². The number of hydrogen-bond acceptors (Lipinski definition) is 10. The number of esters is 2. The molecule has 0 unspecified atom stereocenters. The number of dihydropyridines is 1. The van der Waals surface area contributed by atoms with E-state index in [2.05, 4.69) is 5.32 Å². The third-order valence-electron chi connectivity index (χ3n) is 6.24. The lowest BCUT2D eigenvalue weighted by atomic mass is 9.80. The van der Waals surface area contributed by atoms with Gasteiger partial charge in [0.1, 0.15) is 17.2 Å². The lowest BCUT2D eigenvalue weighted by Gasteiger charge is -2.30. The van der Waals surface area contributed by atoms with Crippen LogP contribution in [-0.4, -0.2) is 49.4 Å². The summed E-state index contributed by atoms with van der Waals surface area (Å²) in [5, 5.41) is 24.0. The number of aromatic hydroxyl groups is 1. The van der Waals surface area contributed by atoms with Crippen LogP contribution in [0.3, 0.4) is 0 Å². The number of ether oxygens (including phenoxy) is 4. The van der Waals surface area contributed by atoms with Gasteiger partial charge < -0.3 is 29.4 Å². The Kier molecular flexibility index (Phi) is 9.91. The summed E-state index contributed by atoms with van der Waals surface area (Å²) in [4.78, 5) is 36.8. The van der Waals surface area contributed by atoms with Crippen molar-refractivity contribution in [2.45, 2.75) is 39.0 Å². The summed E-state index contributed by atoms with van der Waals surface area (Å²) in [6.45, 7) is 4.10. The Bertz CT molecular complexity index is 1240. The maximum atomic E-state index is 12.8. The Morgan fingerprint density at radius 1 is 0.897 bits per heavy atom. The fourth-order valence-corrected chi connectivity index (χ4v) is 4.37. The van der Waals surface area contributed by atoms with Gasteiger partial charge >= 0.3 is 11.9 Å². The van der Waals surface area contributed by atoms with Gasteiger partial charge in [-0.25, -0.2) is 9.59 Å². The first-order chi connectivity index (χ1) is 18.7. The zero-order valence-electron chi connectivity index (χ0n) is 22.3. The third kappa shape index (κ3) is 7.07. The summed E-state index contributed by atoms with van der Waals surface area (Å²) >= 11 is 0. The molecule has 2 N–H and O–H groups in total. The molecule has 0 saturated carbocycles. The number of rotatable bonds is 12. The summed E-state index contributed by atoms with van der Waals surface area (Å²) < 4.78 is 21.7. The molecule has 1 heterocycles. The monoisotopic (exact) mass is 540 g/mol. The SMILES string of the molecule is COC(=O)C1=C(C)NC(C)=C(C(=O)OC)C1c1cc([N+](=O)[O-])ccc1OCCCCCOc1ccc(O)cc1. The van der Waals surface area contributed by atoms with Gasteiger partial charge in [-0.3, -0.25) is 10.1 Å². The lowest BCUT2D eigenvalue weighted by Crippen LogP contribution is -2.32. The summed E-state index contributed by atoms with van der Waals surface area (Å²) in [6, 6.07) is 10.6. The highest BCUT2D eigenvalue weighted by Crippen LogP contribution is 2.44.